The second-order valence-electron chi connectivity index (χ2n) is 9.51. The van der Waals surface area contributed by atoms with Gasteiger partial charge in [-0.15, -0.1) is 0 Å². The fourth-order valence-corrected chi connectivity index (χ4v) is 4.97. The van der Waals surface area contributed by atoms with Crippen LogP contribution in [0.5, 0.6) is 0 Å². The molecule has 0 spiro atoms. The summed E-state index contributed by atoms with van der Waals surface area (Å²) >= 11 is 0. The summed E-state index contributed by atoms with van der Waals surface area (Å²) < 4.78 is 44.4. The number of hydrogen-bond acceptors (Lipinski definition) is 4. The van der Waals surface area contributed by atoms with Gasteiger partial charge in [0.2, 0.25) is 0 Å². The molecule has 3 aromatic heterocycles. The maximum atomic E-state index is 14.4. The Morgan fingerprint density at radius 3 is 2.55 bits per heavy atom. The Bertz CT molecular complexity index is 1700. The highest BCUT2D eigenvalue weighted by Gasteiger charge is 2.24. The van der Waals surface area contributed by atoms with E-state index in [0.717, 1.165) is 17.0 Å². The predicted octanol–water partition coefficient (Wildman–Crippen LogP) is 5.86. The summed E-state index contributed by atoms with van der Waals surface area (Å²) in [5.74, 6) is -3.38. The summed E-state index contributed by atoms with van der Waals surface area (Å²) in [4.78, 5) is 34.3. The summed E-state index contributed by atoms with van der Waals surface area (Å²) in [7, 11) is 1.41. The molecule has 1 atom stereocenters. The Morgan fingerprint density at radius 2 is 1.77 bits per heavy atom. The van der Waals surface area contributed by atoms with Crippen molar-refractivity contribution in [3.63, 3.8) is 0 Å². The molecule has 1 N–H and O–H groups in total. The topological polar surface area (TPSA) is 76.9 Å². The van der Waals surface area contributed by atoms with E-state index in [0.29, 0.717) is 22.4 Å². The molecule has 0 radical (unpaired) electrons. The van der Waals surface area contributed by atoms with Gasteiger partial charge in [-0.25, -0.2) is 13.2 Å². The van der Waals surface area contributed by atoms with E-state index < -0.39 is 29.3 Å². The average Bonchev–Trinajstić information content (AvgIpc) is 3.34. The highest BCUT2D eigenvalue weighted by molar-refractivity contribution is 5.95. The van der Waals surface area contributed by atoms with Crippen molar-refractivity contribution >= 4 is 22.6 Å². The first-order valence-corrected chi connectivity index (χ1v) is 12.6. The van der Waals surface area contributed by atoms with Crippen molar-refractivity contribution < 1.29 is 22.8 Å². The summed E-state index contributed by atoms with van der Waals surface area (Å²) in [6, 6.07) is 14.6. The van der Waals surface area contributed by atoms with Crippen molar-refractivity contribution in [2.24, 2.45) is 0 Å². The van der Waals surface area contributed by atoms with Gasteiger partial charge in [0, 0.05) is 61.2 Å². The molecule has 1 amide bonds. The minimum Gasteiger partial charge on any atom is -0.355 e. The number of fused-ring (bicyclic) bond motifs is 1. The van der Waals surface area contributed by atoms with Crippen LogP contribution in [0, 0.1) is 17.5 Å². The summed E-state index contributed by atoms with van der Waals surface area (Å²) in [5, 5.41) is 3.32. The zero-order chi connectivity index (χ0) is 28.2. The van der Waals surface area contributed by atoms with Gasteiger partial charge in [0.05, 0.1) is 23.3 Å². The van der Waals surface area contributed by atoms with Gasteiger partial charge in [0.25, 0.3) is 5.91 Å². The van der Waals surface area contributed by atoms with Crippen LogP contribution in [0.3, 0.4) is 0 Å². The second kappa shape index (κ2) is 11.5. The van der Waals surface area contributed by atoms with E-state index in [2.05, 4.69) is 15.3 Å². The van der Waals surface area contributed by atoms with Crippen molar-refractivity contribution in [2.75, 3.05) is 7.05 Å². The first-order chi connectivity index (χ1) is 19.3. The molecule has 5 aromatic rings. The molecule has 3 heterocycles. The third kappa shape index (κ3) is 5.78. The van der Waals surface area contributed by atoms with Crippen molar-refractivity contribution in [3.8, 4) is 11.1 Å². The molecule has 0 saturated heterocycles. The predicted molar refractivity (Wildman–Crippen MR) is 145 cm³/mol. The standard InChI is InChI=1S/C31H25F3N4O2/c1-35-31(40)27-15-20(4-5-28(27)34)26-3-2-8-37-30(26)22(11-19-12-23(32)16-24(33)13-19)14-25(39)18-38-10-7-21-17-36-9-6-29(21)38/h2-10,12-13,15-17,22H,11,14,18H2,1H3,(H,35,40)/t22-/m1/s1. The number of benzene rings is 2. The number of hydrogen-bond donors (Lipinski definition) is 1. The van der Waals surface area contributed by atoms with Gasteiger partial charge in [0.15, 0.2) is 5.78 Å². The molecule has 0 fully saturated rings. The van der Waals surface area contributed by atoms with Crippen LogP contribution in [0.15, 0.2) is 85.5 Å². The zero-order valence-corrected chi connectivity index (χ0v) is 21.6. The number of amides is 1. The molecule has 0 saturated carbocycles. The maximum absolute atomic E-state index is 14.4. The Kier molecular flexibility index (Phi) is 7.72. The van der Waals surface area contributed by atoms with Crippen LogP contribution in [-0.2, 0) is 17.8 Å². The number of halogens is 3. The van der Waals surface area contributed by atoms with E-state index in [1.165, 1.54) is 37.4 Å². The monoisotopic (exact) mass is 542 g/mol. The number of nitrogens with one attached hydrogen (secondary N) is 1. The lowest BCUT2D eigenvalue weighted by Crippen LogP contribution is -2.19. The van der Waals surface area contributed by atoms with Crippen LogP contribution in [0.1, 0.15) is 34.0 Å². The van der Waals surface area contributed by atoms with E-state index in [4.69, 9.17) is 0 Å². The van der Waals surface area contributed by atoms with Crippen LogP contribution in [0.4, 0.5) is 13.2 Å². The molecule has 0 unspecified atom stereocenters. The van der Waals surface area contributed by atoms with E-state index in [-0.39, 0.29) is 30.7 Å². The molecule has 0 aliphatic rings. The number of carbonyl (C=O) groups is 2. The molecular weight excluding hydrogens is 517 g/mol. The lowest BCUT2D eigenvalue weighted by atomic mass is 9.86. The Hall–Kier alpha value is -4.79. The molecule has 5 rings (SSSR count). The van der Waals surface area contributed by atoms with Gasteiger partial charge in [-0.2, -0.15) is 0 Å². The molecule has 40 heavy (non-hydrogen) atoms. The van der Waals surface area contributed by atoms with Crippen LogP contribution in [-0.4, -0.2) is 33.3 Å². The third-order valence-corrected chi connectivity index (χ3v) is 6.77. The Morgan fingerprint density at radius 1 is 0.975 bits per heavy atom. The fraction of sp³-hybridized carbons (Fsp3) is 0.161. The largest absolute Gasteiger partial charge is 0.355 e. The maximum Gasteiger partial charge on any atom is 0.254 e. The van der Waals surface area contributed by atoms with Gasteiger partial charge < -0.3 is 9.88 Å². The number of rotatable bonds is 9. The highest BCUT2D eigenvalue weighted by Crippen LogP contribution is 2.33. The normalized spacial score (nSPS) is 11.9. The van der Waals surface area contributed by atoms with E-state index >= 15 is 0 Å². The van der Waals surface area contributed by atoms with E-state index in [1.807, 2.05) is 22.9 Å². The first-order valence-electron chi connectivity index (χ1n) is 12.6. The fourth-order valence-electron chi connectivity index (χ4n) is 4.97. The quantitative estimate of drug-likeness (QED) is 0.253. The van der Waals surface area contributed by atoms with Gasteiger partial charge >= 0.3 is 0 Å². The van der Waals surface area contributed by atoms with Gasteiger partial charge in [-0.3, -0.25) is 19.6 Å². The van der Waals surface area contributed by atoms with Crippen LogP contribution in [0.2, 0.25) is 0 Å². The van der Waals surface area contributed by atoms with Gasteiger partial charge in [0.1, 0.15) is 17.5 Å². The minimum atomic E-state index is -0.720. The summed E-state index contributed by atoms with van der Waals surface area (Å²) in [5.41, 5.74) is 2.70. The Balaban J connectivity index is 1.53. The number of pyridine rings is 2. The van der Waals surface area contributed by atoms with Crippen LogP contribution >= 0.6 is 0 Å². The summed E-state index contributed by atoms with van der Waals surface area (Å²) in [6.07, 6.45) is 6.90. The van der Waals surface area contributed by atoms with Crippen molar-refractivity contribution in [2.45, 2.75) is 25.3 Å². The van der Waals surface area contributed by atoms with Gasteiger partial charge in [-0.1, -0.05) is 12.1 Å². The molecule has 0 aliphatic carbocycles. The number of carbonyl (C=O) groups excluding carboxylic acids is 2. The third-order valence-electron chi connectivity index (χ3n) is 6.77. The molecular formula is C31H25F3N4O2. The molecule has 0 bridgehead atoms. The molecule has 0 aliphatic heterocycles. The minimum absolute atomic E-state index is 0.0242. The molecule has 9 heteroatoms. The molecule has 2 aromatic carbocycles. The SMILES string of the molecule is CNC(=O)c1cc(-c2cccnc2[C@@H](CC(=O)Cn2ccc3cnccc32)Cc2cc(F)cc(F)c2)ccc1F. The number of Topliss-reactive ketones (excluding diaryl/α,β-unsaturated/α-hetero) is 1. The lowest BCUT2D eigenvalue weighted by molar-refractivity contribution is -0.120. The summed E-state index contributed by atoms with van der Waals surface area (Å²) in [6.45, 7) is 0.0844. The Labute approximate surface area is 228 Å². The average molecular weight is 543 g/mol. The molecule has 202 valence electrons. The van der Waals surface area contributed by atoms with Crippen molar-refractivity contribution in [1.82, 2.24) is 19.9 Å². The lowest BCUT2D eigenvalue weighted by Gasteiger charge is -2.20. The van der Waals surface area contributed by atoms with Gasteiger partial charge in [-0.05, 0) is 60.0 Å². The van der Waals surface area contributed by atoms with Crippen LogP contribution in [0.25, 0.3) is 22.0 Å². The van der Waals surface area contributed by atoms with Crippen molar-refractivity contribution in [3.05, 3.63) is 120 Å². The number of nitrogens with zero attached hydrogens (tertiary/aromatic N) is 3. The van der Waals surface area contributed by atoms with E-state index in [1.54, 1.807) is 30.7 Å². The smallest absolute Gasteiger partial charge is 0.254 e. The first kappa shape index (κ1) is 26.8. The number of aromatic nitrogens is 3. The zero-order valence-electron chi connectivity index (χ0n) is 21.6. The number of ketones is 1. The highest BCUT2D eigenvalue weighted by atomic mass is 19.1. The second-order valence-corrected chi connectivity index (χ2v) is 9.51. The van der Waals surface area contributed by atoms with Crippen molar-refractivity contribution in [1.29, 1.82) is 0 Å². The molecule has 6 nitrogen and oxygen atoms in total. The van der Waals surface area contributed by atoms with Crippen LogP contribution < -0.4 is 5.32 Å². The van der Waals surface area contributed by atoms with E-state index in [9.17, 15) is 22.8 Å².